The van der Waals surface area contributed by atoms with E-state index in [9.17, 15) is 4.79 Å². The number of carbonyl (C=O) groups is 1. The van der Waals surface area contributed by atoms with Gasteiger partial charge in [-0.3, -0.25) is 9.48 Å². The van der Waals surface area contributed by atoms with E-state index in [0.717, 1.165) is 22.5 Å². The van der Waals surface area contributed by atoms with Crippen LogP contribution in [0, 0.1) is 0 Å². The first-order chi connectivity index (χ1) is 10.6. The number of methoxy groups -OCH3 is 1. The molecule has 3 rings (SSSR count). The highest BCUT2D eigenvalue weighted by molar-refractivity contribution is 7.16. The molecule has 1 aromatic carbocycles. The molecular formula is C15H16N4O2S. The molecule has 0 spiro atoms. The Morgan fingerprint density at radius 1 is 1.41 bits per heavy atom. The second-order valence-corrected chi connectivity index (χ2v) is 5.76. The lowest BCUT2D eigenvalue weighted by atomic mass is 10.3. The summed E-state index contributed by atoms with van der Waals surface area (Å²) in [6.45, 7) is 2.70. The van der Waals surface area contributed by atoms with Gasteiger partial charge in [-0.05, 0) is 31.2 Å². The molecule has 7 heteroatoms. The molecule has 114 valence electrons. The predicted octanol–water partition coefficient (Wildman–Crippen LogP) is 2.21. The number of benzene rings is 1. The Kier molecular flexibility index (Phi) is 3.81. The van der Waals surface area contributed by atoms with Crippen molar-refractivity contribution in [3.8, 4) is 5.75 Å². The van der Waals surface area contributed by atoms with Crippen LogP contribution in [0.1, 0.15) is 17.4 Å². The third kappa shape index (κ3) is 2.55. The van der Waals surface area contributed by atoms with Crippen LogP contribution in [0.2, 0.25) is 0 Å². The van der Waals surface area contributed by atoms with Crippen LogP contribution in [-0.4, -0.2) is 27.4 Å². The fourth-order valence-electron chi connectivity index (χ4n) is 2.14. The number of nitrogens with zero attached hydrogens (tertiary/aromatic N) is 4. The number of ether oxygens (including phenoxy) is 1. The first kappa shape index (κ1) is 14.5. The molecular weight excluding hydrogens is 300 g/mol. The third-order valence-corrected chi connectivity index (χ3v) is 4.49. The van der Waals surface area contributed by atoms with Gasteiger partial charge >= 0.3 is 0 Å². The van der Waals surface area contributed by atoms with Gasteiger partial charge in [-0.2, -0.15) is 10.1 Å². The molecule has 0 unspecified atom stereocenters. The Labute approximate surface area is 131 Å². The van der Waals surface area contributed by atoms with Crippen molar-refractivity contribution >= 4 is 27.5 Å². The highest BCUT2D eigenvalue weighted by Gasteiger charge is 2.10. The Hall–Kier alpha value is -2.41. The molecule has 0 fully saturated rings. The fourth-order valence-corrected chi connectivity index (χ4v) is 3.19. The highest BCUT2D eigenvalue weighted by atomic mass is 32.1. The molecule has 3 aromatic rings. The van der Waals surface area contributed by atoms with E-state index >= 15 is 0 Å². The fraction of sp³-hybridized carbons (Fsp3) is 0.267. The zero-order valence-electron chi connectivity index (χ0n) is 12.6. The van der Waals surface area contributed by atoms with Crippen LogP contribution in [0.15, 0.2) is 35.5 Å². The van der Waals surface area contributed by atoms with Crippen molar-refractivity contribution in [1.82, 2.24) is 14.3 Å². The zero-order valence-corrected chi connectivity index (χ0v) is 13.4. The third-order valence-electron chi connectivity index (χ3n) is 3.40. The van der Waals surface area contributed by atoms with Gasteiger partial charge in [0.05, 0.1) is 17.3 Å². The van der Waals surface area contributed by atoms with Crippen molar-refractivity contribution in [2.45, 2.75) is 13.5 Å². The van der Waals surface area contributed by atoms with Gasteiger partial charge < -0.3 is 9.30 Å². The summed E-state index contributed by atoms with van der Waals surface area (Å²) in [5.74, 6) is 0.454. The minimum atomic E-state index is -0.332. The molecule has 2 heterocycles. The molecule has 6 nitrogen and oxygen atoms in total. The summed E-state index contributed by atoms with van der Waals surface area (Å²) in [5, 5.41) is 4.18. The van der Waals surface area contributed by atoms with E-state index in [4.69, 9.17) is 4.74 Å². The summed E-state index contributed by atoms with van der Waals surface area (Å²) in [4.78, 5) is 17.1. The van der Waals surface area contributed by atoms with Crippen LogP contribution in [0.3, 0.4) is 0 Å². The number of fused-ring (bicyclic) bond motifs is 1. The van der Waals surface area contributed by atoms with Gasteiger partial charge in [0.25, 0.3) is 5.91 Å². The number of rotatable bonds is 3. The first-order valence-electron chi connectivity index (χ1n) is 6.88. The minimum absolute atomic E-state index is 0.332. The highest BCUT2D eigenvalue weighted by Crippen LogP contribution is 2.22. The Morgan fingerprint density at radius 3 is 2.91 bits per heavy atom. The van der Waals surface area contributed by atoms with E-state index < -0.39 is 0 Å². The molecule has 0 radical (unpaired) electrons. The number of thiazole rings is 1. The van der Waals surface area contributed by atoms with Crippen LogP contribution < -0.4 is 9.54 Å². The number of hydrogen-bond donors (Lipinski definition) is 0. The first-order valence-corrected chi connectivity index (χ1v) is 7.70. The summed E-state index contributed by atoms with van der Waals surface area (Å²) in [6, 6.07) is 7.48. The van der Waals surface area contributed by atoms with Crippen molar-refractivity contribution in [3.63, 3.8) is 0 Å². The normalized spacial score (nSPS) is 12.0. The summed E-state index contributed by atoms with van der Waals surface area (Å²) < 4.78 is 9.85. The van der Waals surface area contributed by atoms with Gasteiger partial charge in [-0.1, -0.05) is 11.3 Å². The molecule has 0 atom stereocenters. The van der Waals surface area contributed by atoms with E-state index in [1.807, 2.05) is 36.7 Å². The van der Waals surface area contributed by atoms with Crippen molar-refractivity contribution in [2.75, 3.05) is 7.11 Å². The van der Waals surface area contributed by atoms with E-state index in [2.05, 4.69) is 10.1 Å². The topological polar surface area (TPSA) is 61.4 Å². The predicted molar refractivity (Wildman–Crippen MR) is 85.1 cm³/mol. The maximum atomic E-state index is 12.2. The lowest BCUT2D eigenvalue weighted by Gasteiger charge is -1.99. The van der Waals surface area contributed by atoms with Crippen LogP contribution >= 0.6 is 11.3 Å². The quantitative estimate of drug-likeness (QED) is 0.744. The summed E-state index contributed by atoms with van der Waals surface area (Å²) in [5.41, 5.74) is 1.37. The molecule has 0 aliphatic heterocycles. The van der Waals surface area contributed by atoms with Gasteiger partial charge in [0.1, 0.15) is 5.75 Å². The van der Waals surface area contributed by atoms with E-state index in [-0.39, 0.29) is 5.91 Å². The number of aromatic nitrogens is 3. The average Bonchev–Trinajstić information content (AvgIpc) is 3.12. The van der Waals surface area contributed by atoms with Crippen LogP contribution in [0.5, 0.6) is 5.75 Å². The molecule has 0 saturated heterocycles. The van der Waals surface area contributed by atoms with Crippen molar-refractivity contribution in [3.05, 3.63) is 41.0 Å². The molecule has 0 saturated carbocycles. The molecule has 22 heavy (non-hydrogen) atoms. The maximum absolute atomic E-state index is 12.2. The Balaban J connectivity index is 2.04. The molecule has 0 bridgehead atoms. The Morgan fingerprint density at radius 2 is 2.23 bits per heavy atom. The van der Waals surface area contributed by atoms with E-state index in [1.165, 1.54) is 11.3 Å². The van der Waals surface area contributed by atoms with Crippen LogP contribution in [0.25, 0.3) is 10.2 Å². The van der Waals surface area contributed by atoms with Crippen LogP contribution in [-0.2, 0) is 13.6 Å². The minimum Gasteiger partial charge on any atom is -0.497 e. The largest absolute Gasteiger partial charge is 0.497 e. The van der Waals surface area contributed by atoms with Gasteiger partial charge in [-0.15, -0.1) is 0 Å². The number of carbonyl (C=O) groups excluding carboxylic acids is 1. The van der Waals surface area contributed by atoms with Gasteiger partial charge in [-0.25, -0.2) is 0 Å². The van der Waals surface area contributed by atoms with Crippen LogP contribution in [0.4, 0.5) is 0 Å². The van der Waals surface area contributed by atoms with Crippen molar-refractivity contribution in [2.24, 2.45) is 12.0 Å². The van der Waals surface area contributed by atoms with E-state index in [0.29, 0.717) is 10.5 Å². The molecule has 1 amide bonds. The second kappa shape index (κ2) is 5.76. The lowest BCUT2D eigenvalue weighted by Crippen LogP contribution is -2.13. The second-order valence-electron chi connectivity index (χ2n) is 4.75. The SMILES string of the molecule is CCn1ccc(C(=O)N=c2sc3cc(OC)ccc3n2C)n1. The number of aryl methyl sites for hydroxylation is 2. The molecule has 0 N–H and O–H groups in total. The molecule has 0 aliphatic rings. The zero-order chi connectivity index (χ0) is 15.7. The summed E-state index contributed by atoms with van der Waals surface area (Å²) in [6.07, 6.45) is 1.78. The van der Waals surface area contributed by atoms with Gasteiger partial charge in [0.15, 0.2) is 10.5 Å². The summed E-state index contributed by atoms with van der Waals surface area (Å²) >= 11 is 1.45. The standard InChI is InChI=1S/C15H16N4O2S/c1-4-19-8-7-11(17-19)14(20)16-15-18(2)12-6-5-10(21-3)9-13(12)22-15/h5-9H,4H2,1-3H3. The average molecular weight is 316 g/mol. The van der Waals surface area contributed by atoms with Gasteiger partial charge in [0.2, 0.25) is 0 Å². The molecule has 2 aromatic heterocycles. The lowest BCUT2D eigenvalue weighted by molar-refractivity contribution is 0.0992. The molecule has 0 aliphatic carbocycles. The maximum Gasteiger partial charge on any atom is 0.300 e. The number of hydrogen-bond acceptors (Lipinski definition) is 4. The van der Waals surface area contributed by atoms with Crippen molar-refractivity contribution < 1.29 is 9.53 Å². The van der Waals surface area contributed by atoms with Crippen molar-refractivity contribution in [1.29, 1.82) is 0 Å². The number of amides is 1. The monoisotopic (exact) mass is 316 g/mol. The smallest absolute Gasteiger partial charge is 0.300 e. The van der Waals surface area contributed by atoms with Gasteiger partial charge in [0, 0.05) is 19.8 Å². The Bertz CT molecular complexity index is 904. The van der Waals surface area contributed by atoms with E-state index in [1.54, 1.807) is 24.1 Å². The summed E-state index contributed by atoms with van der Waals surface area (Å²) in [7, 11) is 3.52.